The molecule has 0 saturated heterocycles. The van der Waals surface area contributed by atoms with Crippen molar-refractivity contribution in [3.05, 3.63) is 84.9 Å². The van der Waals surface area contributed by atoms with Crippen molar-refractivity contribution < 1.29 is 0 Å². The van der Waals surface area contributed by atoms with Gasteiger partial charge in [0.1, 0.15) is 4.75 Å². The van der Waals surface area contributed by atoms with Crippen LogP contribution < -0.4 is 15.4 Å². The molecule has 0 saturated carbocycles. The molecule has 4 rings (SSSR count). The van der Waals surface area contributed by atoms with E-state index in [9.17, 15) is 0 Å². The maximum Gasteiger partial charge on any atom is 0.125 e. The topological polar surface area (TPSA) is 12.9 Å². The van der Waals surface area contributed by atoms with Crippen LogP contribution in [0.5, 0.6) is 0 Å². The monoisotopic (exact) mass is 319 g/mol. The molecule has 0 aliphatic heterocycles. The van der Waals surface area contributed by atoms with Crippen LogP contribution in [0.25, 0.3) is 10.2 Å². The van der Waals surface area contributed by atoms with E-state index in [2.05, 4.69) is 84.9 Å². The lowest BCUT2D eigenvalue weighted by Crippen LogP contribution is -2.19. The van der Waals surface area contributed by atoms with E-state index in [-0.39, 0.29) is 0 Å². The van der Waals surface area contributed by atoms with Crippen molar-refractivity contribution in [3.63, 3.8) is 0 Å². The van der Waals surface area contributed by atoms with Crippen LogP contribution >= 0.6 is 19.3 Å². The Labute approximate surface area is 135 Å². The van der Waals surface area contributed by atoms with E-state index in [0.717, 1.165) is 5.52 Å². The van der Waals surface area contributed by atoms with Gasteiger partial charge in [0.15, 0.2) is 0 Å². The first-order chi connectivity index (χ1) is 10.9. The highest BCUT2D eigenvalue weighted by Crippen LogP contribution is 2.35. The molecule has 106 valence electrons. The Kier molecular flexibility index (Phi) is 3.72. The Bertz CT molecular complexity index is 814. The van der Waals surface area contributed by atoms with Crippen molar-refractivity contribution in [2.45, 2.75) is 0 Å². The fourth-order valence-electron chi connectivity index (χ4n) is 2.48. The highest BCUT2D eigenvalue weighted by atomic mass is 32.1. The molecule has 22 heavy (non-hydrogen) atoms. The Morgan fingerprint density at radius 1 is 0.636 bits per heavy atom. The summed E-state index contributed by atoms with van der Waals surface area (Å²) in [5, 5.41) is 2.70. The number of benzene rings is 3. The zero-order valence-corrected chi connectivity index (χ0v) is 13.6. The van der Waals surface area contributed by atoms with E-state index >= 15 is 0 Å². The van der Waals surface area contributed by atoms with Gasteiger partial charge < -0.3 is 0 Å². The first kappa shape index (κ1) is 13.6. The Balaban J connectivity index is 1.90. The largest absolute Gasteiger partial charge is 0.236 e. The van der Waals surface area contributed by atoms with Gasteiger partial charge in [0.05, 0.1) is 10.2 Å². The molecule has 0 N–H and O–H groups in total. The normalized spacial score (nSPS) is 11.1. The van der Waals surface area contributed by atoms with Crippen LogP contribution in [0.2, 0.25) is 0 Å². The van der Waals surface area contributed by atoms with Crippen molar-refractivity contribution in [1.29, 1.82) is 0 Å². The van der Waals surface area contributed by atoms with Crippen LogP contribution in [0.1, 0.15) is 0 Å². The van der Waals surface area contributed by atoms with E-state index in [1.54, 1.807) is 0 Å². The number of rotatable bonds is 3. The summed E-state index contributed by atoms with van der Waals surface area (Å²) in [7, 11) is -0.585. The van der Waals surface area contributed by atoms with E-state index in [1.807, 2.05) is 11.3 Å². The molecule has 1 heterocycles. The molecule has 0 aliphatic rings. The lowest BCUT2D eigenvalue weighted by atomic mass is 10.3. The fraction of sp³-hybridized carbons (Fsp3) is 0. The van der Waals surface area contributed by atoms with Gasteiger partial charge in [0, 0.05) is 7.92 Å². The molecule has 0 atom stereocenters. The van der Waals surface area contributed by atoms with Crippen LogP contribution in [-0.2, 0) is 0 Å². The third-order valence-electron chi connectivity index (χ3n) is 3.50. The van der Waals surface area contributed by atoms with Gasteiger partial charge in [0.2, 0.25) is 0 Å². The second-order valence-corrected chi connectivity index (χ2v) is 8.43. The summed E-state index contributed by atoms with van der Waals surface area (Å²) in [6.07, 6.45) is 0. The average Bonchev–Trinajstić information content (AvgIpc) is 3.00. The third kappa shape index (κ3) is 2.56. The summed E-state index contributed by atoms with van der Waals surface area (Å²) >= 11 is 1.81. The minimum atomic E-state index is -0.585. The molecule has 1 nitrogen and oxygen atoms in total. The molecule has 3 aromatic carbocycles. The van der Waals surface area contributed by atoms with Crippen LogP contribution in [0.15, 0.2) is 84.9 Å². The molecule has 0 bridgehead atoms. The molecule has 1 aromatic heterocycles. The van der Waals surface area contributed by atoms with Gasteiger partial charge in [0.25, 0.3) is 0 Å². The van der Waals surface area contributed by atoms with Gasteiger partial charge in [-0.3, -0.25) is 0 Å². The third-order valence-corrected chi connectivity index (χ3v) is 7.27. The second-order valence-electron chi connectivity index (χ2n) is 4.97. The minimum Gasteiger partial charge on any atom is -0.236 e. The van der Waals surface area contributed by atoms with Crippen LogP contribution in [0, 0.1) is 0 Å². The van der Waals surface area contributed by atoms with Crippen LogP contribution in [-0.4, -0.2) is 4.98 Å². The van der Waals surface area contributed by atoms with Gasteiger partial charge in [-0.2, -0.15) is 0 Å². The summed E-state index contributed by atoms with van der Waals surface area (Å²) < 4.78 is 2.48. The molecule has 0 unspecified atom stereocenters. The smallest absolute Gasteiger partial charge is 0.125 e. The van der Waals surface area contributed by atoms with Gasteiger partial charge in [-0.1, -0.05) is 72.8 Å². The summed E-state index contributed by atoms with van der Waals surface area (Å²) in [5.41, 5.74) is 1.10. The van der Waals surface area contributed by atoms with Crippen molar-refractivity contribution >= 4 is 44.8 Å². The molecule has 3 heteroatoms. The second kappa shape index (κ2) is 6.00. The van der Waals surface area contributed by atoms with Crippen LogP contribution in [0.3, 0.4) is 0 Å². The Morgan fingerprint density at radius 2 is 1.18 bits per heavy atom. The molecule has 4 aromatic rings. The quantitative estimate of drug-likeness (QED) is 0.519. The summed E-state index contributed by atoms with van der Waals surface area (Å²) in [6.45, 7) is 0. The van der Waals surface area contributed by atoms with Crippen molar-refractivity contribution in [2.75, 3.05) is 0 Å². The van der Waals surface area contributed by atoms with Gasteiger partial charge in [-0.05, 0) is 22.7 Å². The lowest BCUT2D eigenvalue weighted by molar-refractivity contribution is 1.55. The van der Waals surface area contributed by atoms with Gasteiger partial charge in [-0.15, -0.1) is 11.3 Å². The molecular formula is C19H14NPS. The lowest BCUT2D eigenvalue weighted by Gasteiger charge is -2.15. The number of thiazole rings is 1. The van der Waals surface area contributed by atoms with E-state index in [0.29, 0.717) is 0 Å². The Morgan fingerprint density at radius 3 is 1.77 bits per heavy atom. The highest BCUT2D eigenvalue weighted by molar-refractivity contribution is 7.84. The first-order valence-corrected chi connectivity index (χ1v) is 9.33. The van der Waals surface area contributed by atoms with Crippen molar-refractivity contribution in [2.24, 2.45) is 0 Å². The maximum absolute atomic E-state index is 4.91. The SMILES string of the molecule is c1ccc(P(c2ccccc2)c2nc3ccccc3s2)cc1. The van der Waals surface area contributed by atoms with Gasteiger partial charge >= 0.3 is 0 Å². The molecule has 0 aliphatic carbocycles. The Hall–Kier alpha value is -2.02. The number of fused-ring (bicyclic) bond motifs is 1. The van der Waals surface area contributed by atoms with E-state index < -0.39 is 7.92 Å². The zero-order chi connectivity index (χ0) is 14.8. The van der Waals surface area contributed by atoms with E-state index in [1.165, 1.54) is 20.1 Å². The van der Waals surface area contributed by atoms with Crippen LogP contribution in [0.4, 0.5) is 0 Å². The van der Waals surface area contributed by atoms with Crippen molar-refractivity contribution in [3.8, 4) is 0 Å². The highest BCUT2D eigenvalue weighted by Gasteiger charge is 2.19. The predicted octanol–water partition coefficient (Wildman–Crippen LogP) is 4.05. The molecule has 0 spiro atoms. The van der Waals surface area contributed by atoms with Crippen molar-refractivity contribution in [1.82, 2.24) is 4.98 Å². The zero-order valence-electron chi connectivity index (χ0n) is 11.9. The predicted molar refractivity (Wildman–Crippen MR) is 98.3 cm³/mol. The first-order valence-electron chi connectivity index (χ1n) is 7.17. The number of aromatic nitrogens is 1. The summed E-state index contributed by atoms with van der Waals surface area (Å²) in [4.78, 5) is 4.91. The molecule has 0 fully saturated rings. The van der Waals surface area contributed by atoms with Gasteiger partial charge in [-0.25, -0.2) is 4.98 Å². The fourth-order valence-corrected chi connectivity index (χ4v) is 6.37. The number of hydrogen-bond donors (Lipinski definition) is 0. The summed E-state index contributed by atoms with van der Waals surface area (Å²) in [5.74, 6) is 0. The minimum absolute atomic E-state index is 0.585. The van der Waals surface area contributed by atoms with E-state index in [4.69, 9.17) is 4.98 Å². The molecule has 0 radical (unpaired) electrons. The summed E-state index contributed by atoms with van der Waals surface area (Å²) in [6, 6.07) is 29.8. The number of para-hydroxylation sites is 1. The standard InChI is InChI=1S/C19H14NPS/c1-3-9-15(10-4-1)21(16-11-5-2-6-12-16)19-20-17-13-7-8-14-18(17)22-19/h1-14H. The molecule has 0 amide bonds. The molecular weight excluding hydrogens is 305 g/mol. The average molecular weight is 319 g/mol. The number of hydrogen-bond acceptors (Lipinski definition) is 2. The maximum atomic E-state index is 4.91. The number of nitrogens with zero attached hydrogens (tertiary/aromatic N) is 1.